The summed E-state index contributed by atoms with van der Waals surface area (Å²) in [5.41, 5.74) is 0. The van der Waals surface area contributed by atoms with Gasteiger partial charge in [-0.05, 0) is 6.04 Å². The molecule has 0 aromatic rings. The maximum atomic E-state index is 6.15. The van der Waals surface area contributed by atoms with Crippen molar-refractivity contribution in [1.82, 2.24) is 0 Å². The van der Waals surface area contributed by atoms with Crippen molar-refractivity contribution in [3.8, 4) is 0 Å². The van der Waals surface area contributed by atoms with Crippen LogP contribution in [-0.4, -0.2) is 119 Å². The number of hydrogen-bond donors (Lipinski definition) is 0. The minimum Gasteiger partial charge on any atom is -0.425 e. The van der Waals surface area contributed by atoms with Crippen LogP contribution in [0, 0.1) is 0 Å². The van der Waals surface area contributed by atoms with Crippen LogP contribution in [-0.2, 0) is 49.4 Å². The second-order valence-corrected chi connectivity index (χ2v) is 33.9. The first-order valence-corrected chi connectivity index (χ1v) is 31.4. The first kappa shape index (κ1) is 44.1. The van der Waals surface area contributed by atoms with Gasteiger partial charge in [-0.2, -0.15) is 0 Å². The Morgan fingerprint density at radius 1 is 0.295 bits per heavy atom. The van der Waals surface area contributed by atoms with Gasteiger partial charge in [0.15, 0.2) is 0 Å². The third kappa shape index (κ3) is 35.4. The highest BCUT2D eigenvalue weighted by molar-refractivity contribution is 6.58. The Bertz CT molecular complexity index is 538. The van der Waals surface area contributed by atoms with E-state index in [9.17, 15) is 0 Å². The smallest absolute Gasteiger partial charge is 0.303 e. The van der Waals surface area contributed by atoms with E-state index >= 15 is 0 Å². The summed E-state index contributed by atoms with van der Waals surface area (Å²) in [6.45, 7) is 2.29. The standard InChI is InChI=1S/C20H64O12Si12/c1-2-3-4-5-6-7-8-9-10-11-12-13-14-15-16-17-18-19-20-44-31-42-29-40-27-38-25-36-23-34-21-33-22-35-24-37-26-39-28-41-30-43-32-44/h44H,2-20,33-43H2,1H3. The Hall–Kier alpha value is 2.12. The van der Waals surface area contributed by atoms with Gasteiger partial charge < -0.3 is 49.4 Å². The molecule has 0 spiro atoms. The largest absolute Gasteiger partial charge is 0.425 e. The van der Waals surface area contributed by atoms with Gasteiger partial charge in [-0.1, -0.05) is 122 Å². The number of hydrogen-bond acceptors (Lipinski definition) is 12. The Labute approximate surface area is 295 Å². The fourth-order valence-corrected chi connectivity index (χ4v) is 28.0. The summed E-state index contributed by atoms with van der Waals surface area (Å²) in [5, 5.41) is 0. The van der Waals surface area contributed by atoms with Gasteiger partial charge in [-0.15, -0.1) is 0 Å². The fourth-order valence-electron chi connectivity index (χ4n) is 4.55. The van der Waals surface area contributed by atoms with Crippen LogP contribution in [0.3, 0.4) is 0 Å². The van der Waals surface area contributed by atoms with E-state index in [0.717, 1.165) is 6.04 Å². The van der Waals surface area contributed by atoms with Crippen LogP contribution in [0.5, 0.6) is 0 Å². The molecule has 0 bridgehead atoms. The summed E-state index contributed by atoms with van der Waals surface area (Å²) < 4.78 is 68.3. The van der Waals surface area contributed by atoms with Crippen LogP contribution in [0.1, 0.15) is 122 Å². The van der Waals surface area contributed by atoms with Crippen LogP contribution in [0.25, 0.3) is 0 Å². The third-order valence-electron chi connectivity index (χ3n) is 6.97. The maximum absolute atomic E-state index is 6.15. The van der Waals surface area contributed by atoms with Gasteiger partial charge in [0, 0.05) is 0 Å². The topological polar surface area (TPSA) is 111 Å². The van der Waals surface area contributed by atoms with Crippen molar-refractivity contribution in [2.45, 2.75) is 129 Å². The number of unbranched alkanes of at least 4 members (excludes halogenated alkanes) is 17. The van der Waals surface area contributed by atoms with Crippen molar-refractivity contribution in [1.29, 1.82) is 0 Å². The molecule has 0 amide bonds. The third-order valence-corrected chi connectivity index (χ3v) is 25.2. The molecule has 1 aliphatic heterocycles. The summed E-state index contributed by atoms with van der Waals surface area (Å²) in [7, 11) is -13.0. The molecule has 0 aliphatic carbocycles. The molecule has 0 saturated carbocycles. The molecule has 1 saturated heterocycles. The SMILES string of the molecule is CCCCCCCCCCCCCCCCCCCC[SiH]1O[SiH2]O[SiH2]O[SiH2]O[SiH2]O[SiH2]O[SiH2]O[SiH2]O[SiH2]O[SiH2]O[SiH2]O[SiH2]O1. The van der Waals surface area contributed by atoms with Crippen molar-refractivity contribution in [2.75, 3.05) is 0 Å². The van der Waals surface area contributed by atoms with E-state index in [1.165, 1.54) is 116 Å². The maximum Gasteiger partial charge on any atom is 0.303 e. The van der Waals surface area contributed by atoms with Crippen LogP contribution < -0.4 is 0 Å². The molecule has 24 heteroatoms. The van der Waals surface area contributed by atoms with E-state index in [1.54, 1.807) is 0 Å². The monoisotopic (exact) mass is 832 g/mol. The first-order chi connectivity index (χ1) is 21.9. The van der Waals surface area contributed by atoms with E-state index in [0.29, 0.717) is 0 Å². The van der Waals surface area contributed by atoms with Gasteiger partial charge in [0.05, 0.1) is 0 Å². The molecule has 264 valence electrons. The predicted octanol–water partition coefficient (Wildman–Crippen LogP) is -3.55. The van der Waals surface area contributed by atoms with E-state index in [-0.39, 0.29) is 0 Å². The zero-order chi connectivity index (χ0) is 31.3. The first-order valence-electron chi connectivity index (χ1n) is 16.9. The zero-order valence-corrected chi connectivity index (χ0v) is 44.4. The van der Waals surface area contributed by atoms with E-state index in [4.69, 9.17) is 49.4 Å². The van der Waals surface area contributed by atoms with Crippen molar-refractivity contribution in [2.24, 2.45) is 0 Å². The van der Waals surface area contributed by atoms with E-state index in [1.807, 2.05) is 0 Å². The minimum atomic E-state index is -1.75. The Morgan fingerprint density at radius 2 is 0.523 bits per heavy atom. The van der Waals surface area contributed by atoms with Gasteiger partial charge in [-0.3, -0.25) is 0 Å². The molecule has 1 aliphatic rings. The lowest BCUT2D eigenvalue weighted by Gasteiger charge is -2.18. The number of rotatable bonds is 19. The molecule has 44 heavy (non-hydrogen) atoms. The van der Waals surface area contributed by atoms with Crippen molar-refractivity contribution in [3.63, 3.8) is 0 Å². The van der Waals surface area contributed by atoms with Gasteiger partial charge in [-0.25, -0.2) is 0 Å². The predicted molar refractivity (Wildman–Crippen MR) is 208 cm³/mol. The Balaban J connectivity index is 2.05. The highest BCUT2D eigenvalue weighted by atomic mass is 28.4. The summed E-state index contributed by atoms with van der Waals surface area (Å²) in [6.07, 6.45) is 25.0. The molecule has 0 atom stereocenters. The summed E-state index contributed by atoms with van der Waals surface area (Å²) >= 11 is 0. The highest BCUT2D eigenvalue weighted by Crippen LogP contribution is 2.15. The fraction of sp³-hybridized carbons (Fsp3) is 1.00. The van der Waals surface area contributed by atoms with Gasteiger partial charge in [0.25, 0.3) is 110 Å². The minimum absolute atomic E-state index is 0.985. The van der Waals surface area contributed by atoms with Crippen molar-refractivity contribution >= 4 is 119 Å². The molecule has 0 aromatic heterocycles. The van der Waals surface area contributed by atoms with Crippen LogP contribution in [0.4, 0.5) is 0 Å². The lowest BCUT2D eigenvalue weighted by Crippen LogP contribution is -2.30. The van der Waals surface area contributed by atoms with Gasteiger partial charge in [0.1, 0.15) is 0 Å². The molecule has 0 N–H and O–H groups in total. The molecule has 0 aromatic carbocycles. The average molecular weight is 834 g/mol. The highest BCUT2D eigenvalue weighted by Gasteiger charge is 2.13. The lowest BCUT2D eigenvalue weighted by molar-refractivity contribution is 0.340. The van der Waals surface area contributed by atoms with Crippen molar-refractivity contribution in [3.05, 3.63) is 0 Å². The van der Waals surface area contributed by atoms with Crippen LogP contribution in [0.2, 0.25) is 6.04 Å². The molecule has 1 heterocycles. The van der Waals surface area contributed by atoms with E-state index in [2.05, 4.69) is 6.92 Å². The van der Waals surface area contributed by atoms with Crippen LogP contribution >= 0.6 is 0 Å². The summed E-state index contributed by atoms with van der Waals surface area (Å²) in [4.78, 5) is 0. The van der Waals surface area contributed by atoms with Crippen LogP contribution in [0.15, 0.2) is 0 Å². The lowest BCUT2D eigenvalue weighted by atomic mass is 10.0. The molecule has 0 radical (unpaired) electrons. The van der Waals surface area contributed by atoms with E-state index < -0.39 is 119 Å². The zero-order valence-electron chi connectivity index (χ0n) is 27.7. The summed E-state index contributed by atoms with van der Waals surface area (Å²) in [5.74, 6) is 0. The quantitative estimate of drug-likeness (QED) is 0.0951. The molecule has 1 fully saturated rings. The molecule has 0 unspecified atom stereocenters. The normalized spacial score (nSPS) is 26.2. The summed E-state index contributed by atoms with van der Waals surface area (Å²) in [6, 6.07) is 1.03. The second kappa shape index (κ2) is 39.6. The Morgan fingerprint density at radius 3 is 0.795 bits per heavy atom. The Kier molecular flexibility index (Phi) is 39.7. The van der Waals surface area contributed by atoms with Gasteiger partial charge >= 0.3 is 9.28 Å². The van der Waals surface area contributed by atoms with Gasteiger partial charge in [0.2, 0.25) is 0 Å². The second-order valence-electron chi connectivity index (χ2n) is 10.9. The molecular formula is C20H64O12Si12. The van der Waals surface area contributed by atoms with Crippen molar-refractivity contribution < 1.29 is 49.4 Å². The molecule has 12 nitrogen and oxygen atoms in total. The average Bonchev–Trinajstić information content (AvgIpc) is 3.03. The molecule has 1 rings (SSSR count). The molecular weight excluding hydrogens is 769 g/mol.